The van der Waals surface area contributed by atoms with Crippen LogP contribution < -0.4 is 0 Å². The Morgan fingerprint density at radius 3 is 0.889 bits per heavy atom. The Bertz CT molecular complexity index is 2280. The van der Waals surface area contributed by atoms with Crippen LogP contribution in [-0.4, -0.2) is 102 Å². The van der Waals surface area contributed by atoms with E-state index in [9.17, 15) is 33.7 Å². The fourth-order valence-corrected chi connectivity index (χ4v) is 12.6. The molecule has 1 saturated heterocycles. The highest BCUT2D eigenvalue weighted by Crippen LogP contribution is 2.27. The molecule has 0 bridgehead atoms. The van der Waals surface area contributed by atoms with Crippen molar-refractivity contribution in [2.24, 2.45) is 0 Å². The van der Waals surface area contributed by atoms with Crippen molar-refractivity contribution >= 4 is 40.1 Å². The molecule has 4 aromatic rings. The van der Waals surface area contributed by atoms with Gasteiger partial charge in [-0.1, -0.05) is 70.8 Å². The summed E-state index contributed by atoms with van der Waals surface area (Å²) in [6.45, 7) is 8.33. The van der Waals surface area contributed by atoms with Crippen molar-refractivity contribution in [3.05, 3.63) is 119 Å². The van der Waals surface area contributed by atoms with Gasteiger partial charge in [0.25, 0.3) is 0 Å². The zero-order valence-electron chi connectivity index (χ0n) is 31.3. The summed E-state index contributed by atoms with van der Waals surface area (Å²) in [5.41, 5.74) is 3.34. The second-order valence-electron chi connectivity index (χ2n) is 13.9. The summed E-state index contributed by atoms with van der Waals surface area (Å²) < 4.78 is 119. The molecule has 2 atom stereocenters. The molecular weight excluding hydrogens is 769 g/mol. The Labute approximate surface area is 321 Å². The molecular formula is C38H48N4O8S4. The van der Waals surface area contributed by atoms with Gasteiger partial charge in [-0.2, -0.15) is 17.2 Å². The zero-order valence-corrected chi connectivity index (χ0v) is 34.6. The molecule has 0 N–H and O–H groups in total. The largest absolute Gasteiger partial charge is 0.243 e. The van der Waals surface area contributed by atoms with Crippen LogP contribution in [0.2, 0.25) is 0 Å². The monoisotopic (exact) mass is 816 g/mol. The topological polar surface area (TPSA) is 150 Å². The van der Waals surface area contributed by atoms with Gasteiger partial charge in [-0.05, 0) is 90.1 Å². The first-order valence-corrected chi connectivity index (χ1v) is 23.3. The third-order valence-electron chi connectivity index (χ3n) is 9.63. The first-order chi connectivity index (χ1) is 25.2. The lowest BCUT2D eigenvalue weighted by Gasteiger charge is -2.38. The van der Waals surface area contributed by atoms with Crippen molar-refractivity contribution in [2.45, 2.75) is 73.2 Å². The van der Waals surface area contributed by atoms with Crippen LogP contribution in [0.5, 0.6) is 0 Å². The molecule has 5 rings (SSSR count). The van der Waals surface area contributed by atoms with Crippen LogP contribution in [0.3, 0.4) is 0 Å². The normalized spacial score (nSPS) is 19.9. The molecule has 0 aromatic heterocycles. The summed E-state index contributed by atoms with van der Waals surface area (Å²) in [6, 6.07) is 22.9. The van der Waals surface area contributed by atoms with E-state index in [1.165, 1.54) is 48.5 Å². The molecule has 0 amide bonds. The van der Waals surface area contributed by atoms with E-state index < -0.39 is 52.2 Å². The minimum Gasteiger partial charge on any atom is -0.207 e. The number of hydrogen-bond acceptors (Lipinski definition) is 8. The predicted molar refractivity (Wildman–Crippen MR) is 209 cm³/mol. The summed E-state index contributed by atoms with van der Waals surface area (Å²) >= 11 is 0. The van der Waals surface area contributed by atoms with E-state index in [4.69, 9.17) is 0 Å². The number of rotatable bonds is 8. The molecule has 1 heterocycles. The SMILES string of the molecule is Cc1ccc(S(=O)(=O)N2CCN(S(=O)(=O)c3ccc(C)cc3)C(C)CN(S(=O)(=O)c3ccc(C)cc3)CC(C)N(S(=O)(=O)c3ccc(C)cc3)CC2)cc1. The fourth-order valence-electron chi connectivity index (χ4n) is 6.38. The van der Waals surface area contributed by atoms with Gasteiger partial charge in [0.15, 0.2) is 0 Å². The van der Waals surface area contributed by atoms with Crippen molar-refractivity contribution in [3.8, 4) is 0 Å². The standard InChI is InChI=1S/C38H48N4O8S4/c1-29-7-15-35(16-8-29)51(43,44)39-23-25-41(53(47,48)37-19-11-31(3)12-20-37)33(5)27-40(52(45,46)36-17-9-30(2)10-18-36)28-34(6)42(26-24-39)54(49,50)38-21-13-32(4)14-22-38/h7-22,33-34H,23-28H2,1-6H3. The van der Waals surface area contributed by atoms with Gasteiger partial charge in [-0.3, -0.25) is 0 Å². The van der Waals surface area contributed by atoms with Crippen molar-refractivity contribution < 1.29 is 33.7 Å². The van der Waals surface area contributed by atoms with Gasteiger partial charge in [0, 0.05) is 51.4 Å². The lowest BCUT2D eigenvalue weighted by molar-refractivity contribution is 0.210. The third-order valence-corrected chi connectivity index (χ3v) is 17.4. The van der Waals surface area contributed by atoms with E-state index >= 15 is 0 Å². The molecule has 0 radical (unpaired) electrons. The molecule has 1 aliphatic rings. The maximum Gasteiger partial charge on any atom is 0.243 e. The predicted octanol–water partition coefficient (Wildman–Crippen LogP) is 4.77. The molecule has 4 aromatic carbocycles. The number of aryl methyl sites for hydroxylation is 4. The van der Waals surface area contributed by atoms with Crippen LogP contribution >= 0.6 is 0 Å². The van der Waals surface area contributed by atoms with E-state index in [0.717, 1.165) is 39.5 Å². The Balaban J connectivity index is 1.67. The smallest absolute Gasteiger partial charge is 0.207 e. The Morgan fingerprint density at radius 2 is 0.611 bits per heavy atom. The zero-order chi connectivity index (χ0) is 39.6. The fraction of sp³-hybridized carbons (Fsp3) is 0.368. The number of hydrogen-bond donors (Lipinski definition) is 0. The molecule has 16 heteroatoms. The molecule has 0 saturated carbocycles. The maximum atomic E-state index is 14.4. The molecule has 1 fully saturated rings. The molecule has 0 spiro atoms. The van der Waals surface area contributed by atoms with Crippen LogP contribution in [0.15, 0.2) is 117 Å². The molecule has 12 nitrogen and oxygen atoms in total. The van der Waals surface area contributed by atoms with Crippen LogP contribution in [0, 0.1) is 27.7 Å². The van der Waals surface area contributed by atoms with Crippen LogP contribution in [0.4, 0.5) is 0 Å². The van der Waals surface area contributed by atoms with Crippen molar-refractivity contribution in [2.75, 3.05) is 39.3 Å². The molecule has 1 aliphatic heterocycles. The highest BCUT2D eigenvalue weighted by molar-refractivity contribution is 7.90. The van der Waals surface area contributed by atoms with Gasteiger partial charge >= 0.3 is 0 Å². The second kappa shape index (κ2) is 16.3. The molecule has 0 aliphatic carbocycles. The minimum atomic E-state index is -4.30. The van der Waals surface area contributed by atoms with Crippen molar-refractivity contribution in [1.82, 2.24) is 17.2 Å². The first-order valence-electron chi connectivity index (χ1n) is 17.6. The summed E-state index contributed by atoms with van der Waals surface area (Å²) in [4.78, 5) is -0.123. The summed E-state index contributed by atoms with van der Waals surface area (Å²) in [7, 11) is -17.2. The quantitative estimate of drug-likeness (QED) is 0.247. The first kappa shape index (κ1) is 41.7. The van der Waals surface area contributed by atoms with Gasteiger partial charge in [0.1, 0.15) is 0 Å². The van der Waals surface area contributed by atoms with Gasteiger partial charge in [0.2, 0.25) is 40.1 Å². The molecule has 292 valence electrons. The minimum absolute atomic E-state index is 0.0301. The average molecular weight is 817 g/mol. The van der Waals surface area contributed by atoms with Crippen LogP contribution in [0.25, 0.3) is 0 Å². The highest BCUT2D eigenvalue weighted by atomic mass is 32.2. The Morgan fingerprint density at radius 1 is 0.370 bits per heavy atom. The molecule has 54 heavy (non-hydrogen) atoms. The van der Waals surface area contributed by atoms with E-state index in [2.05, 4.69) is 0 Å². The van der Waals surface area contributed by atoms with Crippen LogP contribution in [0.1, 0.15) is 36.1 Å². The van der Waals surface area contributed by atoms with Gasteiger partial charge in [0.05, 0.1) is 19.6 Å². The third kappa shape index (κ3) is 8.97. The molecule has 2 unspecified atom stereocenters. The van der Waals surface area contributed by atoms with Crippen LogP contribution in [-0.2, 0) is 40.1 Å². The number of nitrogens with zero attached hydrogens (tertiary/aromatic N) is 4. The Hall–Kier alpha value is -3.48. The average Bonchev–Trinajstić information content (AvgIpc) is 3.10. The van der Waals surface area contributed by atoms with Gasteiger partial charge < -0.3 is 0 Å². The highest BCUT2D eigenvalue weighted by Gasteiger charge is 2.39. The second-order valence-corrected chi connectivity index (χ2v) is 21.6. The summed E-state index contributed by atoms with van der Waals surface area (Å²) in [6.07, 6.45) is 0. The van der Waals surface area contributed by atoms with E-state index in [1.54, 1.807) is 62.4 Å². The Kier molecular flexibility index (Phi) is 12.6. The maximum absolute atomic E-state index is 14.4. The number of sulfonamides is 4. The lowest BCUT2D eigenvalue weighted by atomic mass is 10.2. The van der Waals surface area contributed by atoms with E-state index in [1.807, 2.05) is 27.7 Å². The van der Waals surface area contributed by atoms with E-state index in [0.29, 0.717) is 0 Å². The van der Waals surface area contributed by atoms with Gasteiger partial charge in [-0.25, -0.2) is 33.7 Å². The number of benzene rings is 4. The van der Waals surface area contributed by atoms with Gasteiger partial charge in [-0.15, -0.1) is 0 Å². The summed E-state index contributed by atoms with van der Waals surface area (Å²) in [5, 5.41) is 0. The van der Waals surface area contributed by atoms with Crippen molar-refractivity contribution in [1.29, 1.82) is 0 Å². The lowest BCUT2D eigenvalue weighted by Crippen LogP contribution is -2.55. The van der Waals surface area contributed by atoms with E-state index in [-0.39, 0.29) is 58.9 Å². The van der Waals surface area contributed by atoms with Crippen molar-refractivity contribution in [3.63, 3.8) is 0 Å². The summed E-state index contributed by atoms with van der Waals surface area (Å²) in [5.74, 6) is 0.